The van der Waals surface area contributed by atoms with E-state index in [9.17, 15) is 9.59 Å². The molecule has 0 aliphatic carbocycles. The van der Waals surface area contributed by atoms with Crippen LogP contribution in [-0.4, -0.2) is 47.9 Å². The highest BCUT2D eigenvalue weighted by Crippen LogP contribution is 2.39. The van der Waals surface area contributed by atoms with E-state index in [0.29, 0.717) is 18.8 Å². The lowest BCUT2D eigenvalue weighted by Gasteiger charge is -2.38. The summed E-state index contributed by atoms with van der Waals surface area (Å²) in [5.74, 6) is 0.471. The molecule has 0 radical (unpaired) electrons. The van der Waals surface area contributed by atoms with Gasteiger partial charge in [-0.2, -0.15) is 0 Å². The molecule has 1 aromatic heterocycles. The fraction of sp³-hybridized carbons (Fsp3) is 0.357. The second-order valence-electron chi connectivity index (χ2n) is 8.67. The zero-order valence-electron chi connectivity index (χ0n) is 19.9. The monoisotopic (exact) mass is 476 g/mol. The molecule has 2 amide bonds. The van der Waals surface area contributed by atoms with Gasteiger partial charge in [-0.25, -0.2) is 0 Å². The van der Waals surface area contributed by atoms with Crippen LogP contribution in [0.1, 0.15) is 47.4 Å². The van der Waals surface area contributed by atoms with Gasteiger partial charge in [0.2, 0.25) is 5.91 Å². The Hall–Kier alpha value is -3.12. The summed E-state index contributed by atoms with van der Waals surface area (Å²) in [5, 5.41) is 2.11. The molecule has 4 rings (SSSR count). The number of para-hydroxylation sites is 1. The van der Waals surface area contributed by atoms with Gasteiger partial charge in [0.25, 0.3) is 5.91 Å². The summed E-state index contributed by atoms with van der Waals surface area (Å²) in [6, 6.07) is 19.6. The van der Waals surface area contributed by atoms with Crippen molar-refractivity contribution in [2.24, 2.45) is 0 Å². The summed E-state index contributed by atoms with van der Waals surface area (Å²) < 4.78 is 5.68. The molecule has 34 heavy (non-hydrogen) atoms. The van der Waals surface area contributed by atoms with Crippen LogP contribution < -0.4 is 4.74 Å². The van der Waals surface area contributed by atoms with E-state index in [4.69, 9.17) is 4.74 Å². The molecular formula is C28H32N2O3S. The Kier molecular flexibility index (Phi) is 8.01. The maximum absolute atomic E-state index is 13.7. The number of nitrogens with zero attached hydrogens (tertiary/aromatic N) is 2. The quantitative estimate of drug-likeness (QED) is 0.424. The molecule has 0 spiro atoms. The van der Waals surface area contributed by atoms with Gasteiger partial charge in [0, 0.05) is 18.0 Å². The van der Waals surface area contributed by atoms with E-state index >= 15 is 0 Å². The maximum atomic E-state index is 13.7. The zero-order valence-corrected chi connectivity index (χ0v) is 20.7. The number of benzene rings is 2. The van der Waals surface area contributed by atoms with Gasteiger partial charge in [-0.1, -0.05) is 55.8 Å². The Bertz CT molecular complexity index is 1110. The lowest BCUT2D eigenvalue weighted by molar-refractivity contribution is -0.142. The minimum atomic E-state index is -0.161. The van der Waals surface area contributed by atoms with Crippen LogP contribution in [0.5, 0.6) is 5.75 Å². The molecule has 1 aliphatic heterocycles. The summed E-state index contributed by atoms with van der Waals surface area (Å²) in [4.78, 5) is 31.7. The highest BCUT2D eigenvalue weighted by atomic mass is 32.1. The molecule has 2 aromatic carbocycles. The van der Waals surface area contributed by atoms with E-state index in [1.807, 2.05) is 47.4 Å². The van der Waals surface area contributed by atoms with Crippen molar-refractivity contribution in [3.05, 3.63) is 87.6 Å². The number of hydrogen-bond donors (Lipinski definition) is 0. The van der Waals surface area contributed by atoms with Gasteiger partial charge in [-0.3, -0.25) is 9.59 Å². The zero-order chi connectivity index (χ0) is 23.9. The van der Waals surface area contributed by atoms with Crippen LogP contribution in [0.15, 0.2) is 66.0 Å². The van der Waals surface area contributed by atoms with Crippen molar-refractivity contribution in [1.29, 1.82) is 0 Å². The number of aryl methyl sites for hydroxylation is 1. The number of unbranched alkanes of at least 4 members (excludes halogenated alkanes) is 1. The molecule has 3 aromatic rings. The smallest absolute Gasteiger partial charge is 0.260 e. The second kappa shape index (κ2) is 11.3. The first kappa shape index (κ1) is 24.0. The Morgan fingerprint density at radius 3 is 2.59 bits per heavy atom. The lowest BCUT2D eigenvalue weighted by Crippen LogP contribution is -2.48. The molecule has 1 atom stereocenters. The molecule has 0 saturated heterocycles. The van der Waals surface area contributed by atoms with Crippen LogP contribution in [-0.2, 0) is 16.0 Å². The molecule has 6 heteroatoms. The topological polar surface area (TPSA) is 49.9 Å². The largest absolute Gasteiger partial charge is 0.484 e. The van der Waals surface area contributed by atoms with Gasteiger partial charge in [-0.05, 0) is 60.0 Å². The number of thiophene rings is 1. The molecule has 0 N–H and O–H groups in total. The Morgan fingerprint density at radius 2 is 1.82 bits per heavy atom. The van der Waals surface area contributed by atoms with Crippen molar-refractivity contribution in [2.75, 3.05) is 26.2 Å². The first-order chi connectivity index (χ1) is 16.6. The average Bonchev–Trinajstić information content (AvgIpc) is 3.34. The first-order valence-electron chi connectivity index (χ1n) is 12.0. The molecule has 1 aliphatic rings. The minimum Gasteiger partial charge on any atom is -0.484 e. The summed E-state index contributed by atoms with van der Waals surface area (Å²) in [6.07, 6.45) is 2.65. The summed E-state index contributed by atoms with van der Waals surface area (Å²) >= 11 is 1.76. The standard InChI is InChI=1S/C28H32N2O3S/c1-3-4-16-29(27(32)20-33-22-11-6-5-7-12-22)19-26(31)30-17-14-25-24(15-18-34-25)28(30)23-13-9-8-10-21(23)2/h5-13,15,18,28H,3-4,14,16-17,19-20H2,1-2H3. The molecule has 2 heterocycles. The summed E-state index contributed by atoms with van der Waals surface area (Å²) in [5.41, 5.74) is 3.52. The second-order valence-corrected chi connectivity index (χ2v) is 9.67. The van der Waals surface area contributed by atoms with Crippen LogP contribution in [0.25, 0.3) is 0 Å². The van der Waals surface area contributed by atoms with Crippen LogP contribution in [0.4, 0.5) is 0 Å². The third-order valence-electron chi connectivity index (χ3n) is 6.34. The molecule has 0 saturated carbocycles. The van der Waals surface area contributed by atoms with Crippen molar-refractivity contribution in [3.8, 4) is 5.75 Å². The highest BCUT2D eigenvalue weighted by Gasteiger charge is 2.34. The van der Waals surface area contributed by atoms with Crippen molar-refractivity contribution < 1.29 is 14.3 Å². The number of ether oxygens (including phenoxy) is 1. The molecule has 1 unspecified atom stereocenters. The number of fused-ring (bicyclic) bond motifs is 1. The molecule has 0 fully saturated rings. The van der Waals surface area contributed by atoms with Gasteiger partial charge in [0.05, 0.1) is 12.6 Å². The predicted molar refractivity (Wildman–Crippen MR) is 136 cm³/mol. The van der Waals surface area contributed by atoms with Crippen LogP contribution in [0.3, 0.4) is 0 Å². The number of carbonyl (C=O) groups is 2. The normalized spacial score (nSPS) is 15.0. The molecular weight excluding hydrogens is 444 g/mol. The minimum absolute atomic E-state index is 0.0192. The van der Waals surface area contributed by atoms with E-state index in [-0.39, 0.29) is 31.0 Å². The Labute approximate surface area is 206 Å². The molecule has 0 bridgehead atoms. The van der Waals surface area contributed by atoms with E-state index in [1.54, 1.807) is 16.2 Å². The Morgan fingerprint density at radius 1 is 1.06 bits per heavy atom. The summed E-state index contributed by atoms with van der Waals surface area (Å²) in [6.45, 7) is 5.38. The number of amides is 2. The first-order valence-corrected chi connectivity index (χ1v) is 12.8. The lowest BCUT2D eigenvalue weighted by atomic mass is 9.90. The van der Waals surface area contributed by atoms with Crippen LogP contribution in [0, 0.1) is 6.92 Å². The van der Waals surface area contributed by atoms with Crippen molar-refractivity contribution >= 4 is 23.2 Å². The average molecular weight is 477 g/mol. The maximum Gasteiger partial charge on any atom is 0.260 e. The number of hydrogen-bond acceptors (Lipinski definition) is 4. The van der Waals surface area contributed by atoms with Crippen molar-refractivity contribution in [1.82, 2.24) is 9.80 Å². The fourth-order valence-corrected chi connectivity index (χ4v) is 5.37. The third kappa shape index (κ3) is 5.50. The SMILES string of the molecule is CCCCN(CC(=O)N1CCc2sccc2C1c1ccccc1C)C(=O)COc1ccccc1. The third-order valence-corrected chi connectivity index (χ3v) is 7.33. The highest BCUT2D eigenvalue weighted by molar-refractivity contribution is 7.10. The summed E-state index contributed by atoms with van der Waals surface area (Å²) in [7, 11) is 0. The van der Waals surface area contributed by atoms with Gasteiger partial charge in [-0.15, -0.1) is 11.3 Å². The van der Waals surface area contributed by atoms with Gasteiger partial charge >= 0.3 is 0 Å². The van der Waals surface area contributed by atoms with Crippen molar-refractivity contribution in [3.63, 3.8) is 0 Å². The van der Waals surface area contributed by atoms with E-state index in [2.05, 4.69) is 37.4 Å². The van der Waals surface area contributed by atoms with Gasteiger partial charge < -0.3 is 14.5 Å². The fourth-order valence-electron chi connectivity index (χ4n) is 4.46. The predicted octanol–water partition coefficient (Wildman–Crippen LogP) is 5.24. The van der Waals surface area contributed by atoms with E-state index in [1.165, 1.54) is 16.0 Å². The van der Waals surface area contributed by atoms with Crippen LogP contribution in [0.2, 0.25) is 0 Å². The van der Waals surface area contributed by atoms with E-state index < -0.39 is 0 Å². The number of rotatable bonds is 9. The molecule has 178 valence electrons. The van der Waals surface area contributed by atoms with Crippen molar-refractivity contribution in [2.45, 2.75) is 39.2 Å². The molecule has 5 nitrogen and oxygen atoms in total. The van der Waals surface area contributed by atoms with E-state index in [0.717, 1.165) is 24.8 Å². The Balaban J connectivity index is 1.52. The van der Waals surface area contributed by atoms with Crippen LogP contribution >= 0.6 is 11.3 Å². The van der Waals surface area contributed by atoms with Gasteiger partial charge in [0.15, 0.2) is 6.61 Å². The number of carbonyl (C=O) groups excluding carboxylic acids is 2. The van der Waals surface area contributed by atoms with Gasteiger partial charge in [0.1, 0.15) is 5.75 Å².